The van der Waals surface area contributed by atoms with E-state index >= 15 is 0 Å². The minimum absolute atomic E-state index is 0.00252. The number of amides is 2. The quantitative estimate of drug-likeness (QED) is 0.758. The van der Waals surface area contributed by atoms with Crippen LogP contribution >= 0.6 is 0 Å². The van der Waals surface area contributed by atoms with Gasteiger partial charge in [-0.3, -0.25) is 14.6 Å². The summed E-state index contributed by atoms with van der Waals surface area (Å²) in [6.07, 6.45) is 1.34. The predicted molar refractivity (Wildman–Crippen MR) is 59.4 cm³/mol. The number of carbonyl (C=O) groups excluding carboxylic acids is 2. The van der Waals surface area contributed by atoms with Gasteiger partial charge in [0.25, 0.3) is 5.91 Å². The molecule has 1 saturated heterocycles. The fourth-order valence-corrected chi connectivity index (χ4v) is 1.82. The van der Waals surface area contributed by atoms with Crippen molar-refractivity contribution < 1.29 is 18.7 Å². The second-order valence-electron chi connectivity index (χ2n) is 4.05. The van der Waals surface area contributed by atoms with Gasteiger partial charge in [-0.05, 0) is 17.7 Å². The molecule has 6 nitrogen and oxygen atoms in total. The first-order chi connectivity index (χ1) is 8.57. The van der Waals surface area contributed by atoms with Crippen molar-refractivity contribution >= 4 is 11.8 Å². The zero-order chi connectivity index (χ0) is 13.2. The summed E-state index contributed by atoms with van der Waals surface area (Å²) in [5.41, 5.74) is 4.25. The first kappa shape index (κ1) is 12.4. The van der Waals surface area contributed by atoms with E-state index in [1.54, 1.807) is 0 Å². The molecule has 2 amide bonds. The first-order valence-electron chi connectivity index (χ1n) is 5.28. The lowest BCUT2D eigenvalue weighted by Crippen LogP contribution is -2.56. The lowest BCUT2D eigenvalue weighted by atomic mass is 9.91. The number of hydrogen-bond donors (Lipinski definition) is 2. The van der Waals surface area contributed by atoms with Crippen LogP contribution in [0, 0.1) is 0 Å². The van der Waals surface area contributed by atoms with Crippen LogP contribution < -0.4 is 11.1 Å². The summed E-state index contributed by atoms with van der Waals surface area (Å²) in [5, 5.41) is 2.54. The summed E-state index contributed by atoms with van der Waals surface area (Å²) in [6, 6.07) is 2.87. The van der Waals surface area contributed by atoms with Crippen molar-refractivity contribution in [3.05, 3.63) is 29.6 Å². The summed E-state index contributed by atoms with van der Waals surface area (Å²) in [7, 11) is 0. The van der Waals surface area contributed by atoms with Gasteiger partial charge in [0.15, 0.2) is 0 Å². The minimum Gasteiger partial charge on any atom is -0.369 e. The molecule has 1 aliphatic heterocycles. The Morgan fingerprint density at radius 3 is 3.06 bits per heavy atom. The zero-order valence-corrected chi connectivity index (χ0v) is 9.48. The van der Waals surface area contributed by atoms with Gasteiger partial charge < -0.3 is 15.8 Å². The molecule has 0 aliphatic carbocycles. The fraction of sp³-hybridized carbons (Fsp3) is 0.364. The van der Waals surface area contributed by atoms with Gasteiger partial charge in [0.05, 0.1) is 6.61 Å². The average Bonchev–Trinajstić information content (AvgIpc) is 2.38. The maximum absolute atomic E-state index is 13.3. The second kappa shape index (κ2) is 4.69. The summed E-state index contributed by atoms with van der Waals surface area (Å²) in [4.78, 5) is 26.1. The highest BCUT2D eigenvalue weighted by atomic mass is 19.1. The molecule has 1 aromatic rings. The van der Waals surface area contributed by atoms with E-state index in [1.165, 1.54) is 18.3 Å². The number of halogens is 1. The van der Waals surface area contributed by atoms with Crippen LogP contribution in [0.1, 0.15) is 16.1 Å². The van der Waals surface area contributed by atoms with Crippen LogP contribution in [-0.4, -0.2) is 36.7 Å². The molecule has 18 heavy (non-hydrogen) atoms. The summed E-state index contributed by atoms with van der Waals surface area (Å²) < 4.78 is 18.3. The lowest BCUT2D eigenvalue weighted by molar-refractivity contribution is -0.136. The fourth-order valence-electron chi connectivity index (χ4n) is 1.82. The number of morpholine rings is 1. The van der Waals surface area contributed by atoms with E-state index < -0.39 is 24.0 Å². The smallest absolute Gasteiger partial charge is 0.267 e. The van der Waals surface area contributed by atoms with Gasteiger partial charge in [-0.1, -0.05) is 0 Å². The number of carbonyl (C=O) groups is 2. The molecule has 1 aromatic heterocycles. The van der Waals surface area contributed by atoms with E-state index in [1.807, 2.05) is 0 Å². The lowest BCUT2D eigenvalue weighted by Gasteiger charge is -2.35. The van der Waals surface area contributed by atoms with Crippen LogP contribution in [0.25, 0.3) is 0 Å². The van der Waals surface area contributed by atoms with E-state index in [9.17, 15) is 14.0 Å². The molecule has 2 heterocycles. The third-order valence-electron chi connectivity index (χ3n) is 2.75. The molecule has 96 valence electrons. The molecule has 1 unspecified atom stereocenters. The van der Waals surface area contributed by atoms with Gasteiger partial charge in [-0.2, -0.15) is 0 Å². The molecule has 7 heteroatoms. The van der Waals surface area contributed by atoms with Gasteiger partial charge >= 0.3 is 0 Å². The third kappa shape index (κ3) is 2.17. The monoisotopic (exact) mass is 253 g/mol. The Labute approximate surface area is 102 Å². The van der Waals surface area contributed by atoms with Crippen LogP contribution in [0.5, 0.6) is 0 Å². The number of nitrogens with zero attached hydrogens (tertiary/aromatic N) is 1. The van der Waals surface area contributed by atoms with Crippen LogP contribution in [0.4, 0.5) is 4.39 Å². The van der Waals surface area contributed by atoms with Gasteiger partial charge in [0, 0.05) is 6.20 Å². The van der Waals surface area contributed by atoms with Gasteiger partial charge in [-0.15, -0.1) is 0 Å². The molecule has 0 radical (unpaired) electrons. The van der Waals surface area contributed by atoms with E-state index in [2.05, 4.69) is 10.3 Å². The van der Waals surface area contributed by atoms with E-state index in [4.69, 9.17) is 10.5 Å². The molecule has 0 spiro atoms. The Balaban J connectivity index is 2.40. The SMILES string of the molecule is NC(=O)c1cc(C2(CF)COCC(=O)N2)ccn1. The topological polar surface area (TPSA) is 94.3 Å². The molecule has 0 saturated carbocycles. The van der Waals surface area contributed by atoms with Crippen LogP contribution in [0.15, 0.2) is 18.3 Å². The molecule has 1 atom stereocenters. The number of alkyl halides is 1. The Morgan fingerprint density at radius 2 is 2.44 bits per heavy atom. The van der Waals surface area contributed by atoms with Crippen molar-refractivity contribution in [2.45, 2.75) is 5.54 Å². The summed E-state index contributed by atoms with van der Waals surface area (Å²) >= 11 is 0. The van der Waals surface area contributed by atoms with Gasteiger partial charge in [-0.25, -0.2) is 4.39 Å². The number of hydrogen-bond acceptors (Lipinski definition) is 4. The Morgan fingerprint density at radius 1 is 1.67 bits per heavy atom. The largest absolute Gasteiger partial charge is 0.369 e. The normalized spacial score (nSPS) is 23.5. The molecular weight excluding hydrogens is 241 g/mol. The maximum Gasteiger partial charge on any atom is 0.267 e. The second-order valence-corrected chi connectivity index (χ2v) is 4.05. The molecule has 2 rings (SSSR count). The number of nitrogens with one attached hydrogen (secondary N) is 1. The number of aromatic nitrogens is 1. The Kier molecular flexibility index (Phi) is 3.24. The van der Waals surface area contributed by atoms with Gasteiger partial charge in [0.1, 0.15) is 24.5 Å². The minimum atomic E-state index is -1.28. The first-order valence-corrected chi connectivity index (χ1v) is 5.28. The molecule has 3 N–H and O–H groups in total. The summed E-state index contributed by atoms with van der Waals surface area (Å²) in [5.74, 6) is -1.12. The highest BCUT2D eigenvalue weighted by Crippen LogP contribution is 2.25. The average molecular weight is 253 g/mol. The zero-order valence-electron chi connectivity index (χ0n) is 9.48. The molecular formula is C11H12FN3O3. The predicted octanol–water partition coefficient (Wildman–Crippen LogP) is -0.508. The van der Waals surface area contributed by atoms with Crippen LogP contribution in [0.3, 0.4) is 0 Å². The number of ether oxygens (including phenoxy) is 1. The highest BCUT2D eigenvalue weighted by Gasteiger charge is 2.38. The van der Waals surface area contributed by atoms with Crippen molar-refractivity contribution in [3.8, 4) is 0 Å². The van der Waals surface area contributed by atoms with Crippen molar-refractivity contribution in [1.29, 1.82) is 0 Å². The Bertz CT molecular complexity index is 494. The standard InChI is InChI=1S/C11H12FN3O3/c12-5-11(6-18-4-9(16)15-11)7-1-2-14-8(3-7)10(13)17/h1-3H,4-6H2,(H2,13,17)(H,15,16). The van der Waals surface area contributed by atoms with Crippen molar-refractivity contribution in [1.82, 2.24) is 10.3 Å². The number of primary amides is 1. The van der Waals surface area contributed by atoms with Gasteiger partial charge in [0.2, 0.25) is 5.91 Å². The number of pyridine rings is 1. The number of rotatable bonds is 3. The van der Waals surface area contributed by atoms with Crippen LogP contribution in [-0.2, 0) is 15.1 Å². The third-order valence-corrected chi connectivity index (χ3v) is 2.75. The number of nitrogens with two attached hydrogens (primary N) is 1. The van der Waals surface area contributed by atoms with E-state index in [0.717, 1.165) is 0 Å². The van der Waals surface area contributed by atoms with E-state index in [0.29, 0.717) is 5.56 Å². The highest BCUT2D eigenvalue weighted by molar-refractivity contribution is 5.91. The van der Waals surface area contributed by atoms with E-state index in [-0.39, 0.29) is 18.9 Å². The van der Waals surface area contributed by atoms with Crippen molar-refractivity contribution in [2.24, 2.45) is 5.73 Å². The van der Waals surface area contributed by atoms with Crippen LogP contribution in [0.2, 0.25) is 0 Å². The van der Waals surface area contributed by atoms with Crippen molar-refractivity contribution in [2.75, 3.05) is 19.9 Å². The molecule has 0 aromatic carbocycles. The summed E-state index contributed by atoms with van der Waals surface area (Å²) in [6.45, 7) is -0.950. The Hall–Kier alpha value is -2.02. The maximum atomic E-state index is 13.3. The molecule has 1 aliphatic rings. The van der Waals surface area contributed by atoms with Crippen molar-refractivity contribution in [3.63, 3.8) is 0 Å². The molecule has 0 bridgehead atoms. The molecule has 1 fully saturated rings.